The summed E-state index contributed by atoms with van der Waals surface area (Å²) in [5.74, 6) is 1.11. The molecule has 1 aromatic rings. The summed E-state index contributed by atoms with van der Waals surface area (Å²) in [4.78, 5) is 0. The zero-order chi connectivity index (χ0) is 15.5. The Morgan fingerprint density at radius 3 is 2.76 bits per heavy atom. The van der Waals surface area contributed by atoms with Gasteiger partial charge in [-0.15, -0.1) is 0 Å². The Morgan fingerprint density at radius 1 is 1.38 bits per heavy atom. The first-order valence-corrected chi connectivity index (χ1v) is 8.78. The van der Waals surface area contributed by atoms with Crippen LogP contribution in [-0.4, -0.2) is 32.9 Å². The maximum absolute atomic E-state index is 12.5. The summed E-state index contributed by atoms with van der Waals surface area (Å²) < 4.78 is 34.6. The maximum Gasteiger partial charge on any atom is 0.280 e. The van der Waals surface area contributed by atoms with Crippen molar-refractivity contribution in [3.63, 3.8) is 0 Å². The van der Waals surface area contributed by atoms with Crippen molar-refractivity contribution in [2.75, 3.05) is 20.2 Å². The van der Waals surface area contributed by atoms with E-state index in [1.807, 2.05) is 31.2 Å². The van der Waals surface area contributed by atoms with Gasteiger partial charge in [-0.25, -0.2) is 0 Å². The molecule has 1 aromatic carbocycles. The fourth-order valence-corrected chi connectivity index (χ4v) is 4.29. The van der Waals surface area contributed by atoms with E-state index >= 15 is 0 Å². The topological polar surface area (TPSA) is 58.6 Å². The molecule has 0 aromatic heterocycles. The summed E-state index contributed by atoms with van der Waals surface area (Å²) in [5.41, 5.74) is 0.841. The minimum absolute atomic E-state index is 0.330. The molecule has 6 heteroatoms. The van der Waals surface area contributed by atoms with Crippen LogP contribution in [-0.2, 0) is 10.2 Å². The zero-order valence-corrected chi connectivity index (χ0v) is 13.7. The van der Waals surface area contributed by atoms with Gasteiger partial charge in [-0.1, -0.05) is 25.1 Å². The van der Waals surface area contributed by atoms with Gasteiger partial charge < -0.3 is 4.74 Å². The molecule has 2 rings (SSSR count). The molecular weight excluding hydrogens is 288 g/mol. The van der Waals surface area contributed by atoms with Crippen molar-refractivity contribution in [2.45, 2.75) is 32.7 Å². The molecule has 0 amide bonds. The highest BCUT2D eigenvalue weighted by atomic mass is 32.2. The van der Waals surface area contributed by atoms with Gasteiger partial charge in [-0.05, 0) is 31.7 Å². The van der Waals surface area contributed by atoms with Crippen molar-refractivity contribution in [3.8, 4) is 5.75 Å². The van der Waals surface area contributed by atoms with Crippen LogP contribution < -0.4 is 9.46 Å². The highest BCUT2D eigenvalue weighted by Crippen LogP contribution is 2.26. The van der Waals surface area contributed by atoms with Gasteiger partial charge in [-0.3, -0.25) is 0 Å². The number of nitrogens with one attached hydrogen (secondary N) is 1. The van der Waals surface area contributed by atoms with Gasteiger partial charge in [0.2, 0.25) is 0 Å². The number of nitrogens with zero attached hydrogens (tertiary/aromatic N) is 1. The lowest BCUT2D eigenvalue weighted by atomic mass is 10.0. The predicted octanol–water partition coefficient (Wildman–Crippen LogP) is 2.32. The number of benzene rings is 1. The largest absolute Gasteiger partial charge is 0.496 e. The summed E-state index contributed by atoms with van der Waals surface area (Å²) in [7, 11) is -1.87. The zero-order valence-electron chi connectivity index (χ0n) is 12.9. The second-order valence-electron chi connectivity index (χ2n) is 5.69. The van der Waals surface area contributed by atoms with Crippen LogP contribution in [0.15, 0.2) is 24.3 Å². The Labute approximate surface area is 127 Å². The minimum Gasteiger partial charge on any atom is -0.496 e. The number of hydrogen-bond acceptors (Lipinski definition) is 3. The first-order valence-electron chi connectivity index (χ1n) is 7.34. The molecule has 1 fully saturated rings. The molecule has 1 saturated heterocycles. The molecule has 1 N–H and O–H groups in total. The molecule has 0 aliphatic carbocycles. The van der Waals surface area contributed by atoms with Crippen LogP contribution in [0.5, 0.6) is 5.75 Å². The summed E-state index contributed by atoms with van der Waals surface area (Å²) in [6.07, 6.45) is 2.01. The van der Waals surface area contributed by atoms with E-state index in [9.17, 15) is 8.42 Å². The molecule has 118 valence electrons. The molecule has 0 radical (unpaired) electrons. The van der Waals surface area contributed by atoms with Crippen LogP contribution in [0.2, 0.25) is 0 Å². The van der Waals surface area contributed by atoms with E-state index in [1.165, 1.54) is 0 Å². The molecule has 2 atom stereocenters. The van der Waals surface area contributed by atoms with Gasteiger partial charge in [-0.2, -0.15) is 17.4 Å². The number of ether oxygens (including phenoxy) is 1. The lowest BCUT2D eigenvalue weighted by Gasteiger charge is -2.31. The number of piperidine rings is 1. The van der Waals surface area contributed by atoms with Crippen LogP contribution in [0.25, 0.3) is 0 Å². The van der Waals surface area contributed by atoms with E-state index in [0.29, 0.717) is 24.8 Å². The van der Waals surface area contributed by atoms with Crippen LogP contribution >= 0.6 is 0 Å². The maximum atomic E-state index is 12.5. The van der Waals surface area contributed by atoms with Crippen molar-refractivity contribution in [1.82, 2.24) is 9.03 Å². The van der Waals surface area contributed by atoms with Gasteiger partial charge >= 0.3 is 0 Å². The third-order valence-electron chi connectivity index (χ3n) is 3.89. The highest BCUT2D eigenvalue weighted by Gasteiger charge is 2.28. The van der Waals surface area contributed by atoms with Gasteiger partial charge in [0, 0.05) is 24.7 Å². The first kappa shape index (κ1) is 16.3. The molecule has 1 aliphatic rings. The number of para-hydroxylation sites is 1. The van der Waals surface area contributed by atoms with Crippen LogP contribution in [0.4, 0.5) is 0 Å². The van der Waals surface area contributed by atoms with Gasteiger partial charge in [0.1, 0.15) is 5.75 Å². The monoisotopic (exact) mass is 312 g/mol. The Morgan fingerprint density at radius 2 is 2.10 bits per heavy atom. The first-order chi connectivity index (χ1) is 9.94. The van der Waals surface area contributed by atoms with Crippen molar-refractivity contribution in [3.05, 3.63) is 29.8 Å². The summed E-state index contributed by atoms with van der Waals surface area (Å²) in [5, 5.41) is 0. The average molecular weight is 312 g/mol. The van der Waals surface area contributed by atoms with Gasteiger partial charge in [0.05, 0.1) is 7.11 Å². The van der Waals surface area contributed by atoms with E-state index in [-0.39, 0.29) is 6.04 Å². The lowest BCUT2D eigenvalue weighted by Crippen LogP contribution is -2.46. The molecule has 0 unspecified atom stereocenters. The molecule has 21 heavy (non-hydrogen) atoms. The highest BCUT2D eigenvalue weighted by molar-refractivity contribution is 7.87. The van der Waals surface area contributed by atoms with E-state index < -0.39 is 10.2 Å². The third kappa shape index (κ3) is 3.96. The van der Waals surface area contributed by atoms with Crippen molar-refractivity contribution < 1.29 is 13.2 Å². The van der Waals surface area contributed by atoms with E-state index in [0.717, 1.165) is 18.4 Å². The second-order valence-corrected chi connectivity index (χ2v) is 7.39. The van der Waals surface area contributed by atoms with E-state index in [2.05, 4.69) is 11.6 Å². The molecular formula is C15H24N2O3S. The third-order valence-corrected chi connectivity index (χ3v) is 5.55. The molecule has 0 saturated carbocycles. The molecule has 5 nitrogen and oxygen atoms in total. The minimum atomic E-state index is -3.46. The van der Waals surface area contributed by atoms with Crippen molar-refractivity contribution in [1.29, 1.82) is 0 Å². The van der Waals surface area contributed by atoms with Crippen LogP contribution in [0.3, 0.4) is 0 Å². The summed E-state index contributed by atoms with van der Waals surface area (Å²) >= 11 is 0. The SMILES string of the molecule is COc1ccccc1[C@@H](C)NS(=O)(=O)N1CCC[C@@H](C)C1. The van der Waals surface area contributed by atoms with Gasteiger partial charge in [0.25, 0.3) is 10.2 Å². The van der Waals surface area contributed by atoms with Crippen molar-refractivity contribution >= 4 is 10.2 Å². The van der Waals surface area contributed by atoms with Crippen LogP contribution in [0.1, 0.15) is 38.3 Å². The fraction of sp³-hybridized carbons (Fsp3) is 0.600. The normalized spacial score (nSPS) is 22.0. The molecule has 1 aliphatic heterocycles. The Bertz CT molecular complexity index is 574. The average Bonchev–Trinajstić information content (AvgIpc) is 2.46. The van der Waals surface area contributed by atoms with E-state index in [1.54, 1.807) is 11.4 Å². The van der Waals surface area contributed by atoms with Gasteiger partial charge in [0.15, 0.2) is 0 Å². The Kier molecular flexibility index (Phi) is 5.24. The quantitative estimate of drug-likeness (QED) is 0.908. The van der Waals surface area contributed by atoms with Crippen LogP contribution in [0, 0.1) is 5.92 Å². The standard InChI is InChI=1S/C15H24N2O3S/c1-12-7-6-10-17(11-12)21(18,19)16-13(2)14-8-4-5-9-15(14)20-3/h4-5,8-9,12-13,16H,6-7,10-11H2,1-3H3/t12-,13-/m1/s1. The Hall–Kier alpha value is -1.11. The molecule has 0 spiro atoms. The number of hydrogen-bond donors (Lipinski definition) is 1. The fourth-order valence-electron chi connectivity index (χ4n) is 2.75. The Balaban J connectivity index is 2.12. The van der Waals surface area contributed by atoms with Crippen molar-refractivity contribution in [2.24, 2.45) is 5.92 Å². The number of methoxy groups -OCH3 is 1. The second kappa shape index (κ2) is 6.77. The predicted molar refractivity (Wildman–Crippen MR) is 83.4 cm³/mol. The summed E-state index contributed by atoms with van der Waals surface area (Å²) in [6, 6.07) is 7.14. The molecule has 1 heterocycles. The number of rotatable bonds is 5. The van der Waals surface area contributed by atoms with E-state index in [4.69, 9.17) is 4.74 Å². The summed E-state index contributed by atoms with van der Waals surface area (Å²) in [6.45, 7) is 5.11. The smallest absolute Gasteiger partial charge is 0.280 e. The lowest BCUT2D eigenvalue weighted by molar-refractivity contribution is 0.277. The molecule has 0 bridgehead atoms.